The highest BCUT2D eigenvalue weighted by Crippen LogP contribution is 2.27. The Morgan fingerprint density at radius 3 is 2.64 bits per heavy atom. The van der Waals surface area contributed by atoms with Crippen LogP contribution in [0.5, 0.6) is 5.75 Å². The van der Waals surface area contributed by atoms with E-state index >= 15 is 0 Å². The van der Waals surface area contributed by atoms with Gasteiger partial charge < -0.3 is 10.1 Å². The molecule has 2 amide bonds. The second kappa shape index (κ2) is 11.5. The summed E-state index contributed by atoms with van der Waals surface area (Å²) >= 11 is 0. The van der Waals surface area contributed by atoms with E-state index < -0.39 is 5.91 Å². The Morgan fingerprint density at radius 2 is 1.92 bits per heavy atom. The molecule has 1 aromatic heterocycles. The van der Waals surface area contributed by atoms with Crippen LogP contribution in [-0.4, -0.2) is 45.7 Å². The van der Waals surface area contributed by atoms with Gasteiger partial charge in [0.1, 0.15) is 12.4 Å². The van der Waals surface area contributed by atoms with Crippen molar-refractivity contribution in [2.75, 3.05) is 6.54 Å². The molecule has 1 unspecified atom stereocenters. The van der Waals surface area contributed by atoms with E-state index in [1.807, 2.05) is 37.3 Å². The maximum Gasteiger partial charge on any atom is 0.252 e. The topological polar surface area (TPSA) is 104 Å². The standard InChI is InChI=1S/C28H34N4O4/c1-18(2)32-14-6-7-21(16-26(33)31-35)27(32)30-28(34)20-10-12-23(13-11-20)36-17-22-15-19(3)29-25-9-5-4-8-24(22)25/h4-5,8-13,15,18,21,27,35H,6-7,14,16-17H2,1-3H3,(H,30,34)(H,31,33)/t21-,27?/m1/s1. The SMILES string of the molecule is Cc1cc(COc2ccc(C(=O)NC3[C@@H](CC(=O)NO)CCCN3C(C)C)cc2)c2ccccc2n1. The van der Waals surface area contributed by atoms with E-state index in [9.17, 15) is 9.59 Å². The van der Waals surface area contributed by atoms with Gasteiger partial charge in [-0.25, -0.2) is 5.48 Å². The Labute approximate surface area is 211 Å². The predicted molar refractivity (Wildman–Crippen MR) is 138 cm³/mol. The Morgan fingerprint density at radius 1 is 1.17 bits per heavy atom. The van der Waals surface area contributed by atoms with Gasteiger partial charge in [0.05, 0.1) is 11.7 Å². The van der Waals surface area contributed by atoms with Crippen LogP contribution in [0.1, 0.15) is 54.7 Å². The number of nitrogens with zero attached hydrogens (tertiary/aromatic N) is 2. The maximum atomic E-state index is 13.1. The molecule has 1 aliphatic rings. The van der Waals surface area contributed by atoms with E-state index in [0.29, 0.717) is 17.9 Å². The van der Waals surface area contributed by atoms with Crippen molar-refractivity contribution in [1.29, 1.82) is 0 Å². The van der Waals surface area contributed by atoms with Crippen LogP contribution >= 0.6 is 0 Å². The number of rotatable bonds is 8. The molecular weight excluding hydrogens is 456 g/mol. The number of nitrogens with one attached hydrogen (secondary N) is 2. The number of piperidine rings is 1. The minimum absolute atomic E-state index is 0.0847. The highest BCUT2D eigenvalue weighted by molar-refractivity contribution is 5.94. The number of hydrogen-bond acceptors (Lipinski definition) is 6. The fourth-order valence-electron chi connectivity index (χ4n) is 4.98. The quantitative estimate of drug-likeness (QED) is 0.323. The van der Waals surface area contributed by atoms with Crippen molar-refractivity contribution in [3.8, 4) is 5.75 Å². The first kappa shape index (κ1) is 25.6. The van der Waals surface area contributed by atoms with Crippen LogP contribution in [0, 0.1) is 12.8 Å². The summed E-state index contributed by atoms with van der Waals surface area (Å²) in [4.78, 5) is 31.7. The summed E-state index contributed by atoms with van der Waals surface area (Å²) in [6, 6.07) is 17.3. The van der Waals surface area contributed by atoms with Crippen molar-refractivity contribution < 1.29 is 19.5 Å². The molecule has 3 N–H and O–H groups in total. The van der Waals surface area contributed by atoms with E-state index in [-0.39, 0.29) is 30.5 Å². The van der Waals surface area contributed by atoms with E-state index in [1.165, 1.54) is 0 Å². The van der Waals surface area contributed by atoms with Gasteiger partial charge >= 0.3 is 0 Å². The molecule has 190 valence electrons. The zero-order valence-corrected chi connectivity index (χ0v) is 21.0. The lowest BCUT2D eigenvalue weighted by Gasteiger charge is -2.43. The summed E-state index contributed by atoms with van der Waals surface area (Å²) in [5.74, 6) is -0.0599. The van der Waals surface area contributed by atoms with Crippen LogP contribution < -0.4 is 15.5 Å². The molecule has 2 atom stereocenters. The van der Waals surface area contributed by atoms with Crippen LogP contribution in [0.15, 0.2) is 54.6 Å². The molecule has 0 aliphatic carbocycles. The third kappa shape index (κ3) is 6.01. The lowest BCUT2D eigenvalue weighted by atomic mass is 9.89. The summed E-state index contributed by atoms with van der Waals surface area (Å²) in [6.07, 6.45) is 1.60. The maximum absolute atomic E-state index is 13.1. The van der Waals surface area contributed by atoms with E-state index in [4.69, 9.17) is 9.94 Å². The number of hydrogen-bond donors (Lipinski definition) is 3. The number of amides is 2. The minimum Gasteiger partial charge on any atom is -0.489 e. The third-order valence-electron chi connectivity index (χ3n) is 6.75. The number of aromatic nitrogens is 1. The van der Waals surface area contributed by atoms with Gasteiger partial charge in [0.2, 0.25) is 5.91 Å². The minimum atomic E-state index is -0.441. The van der Waals surface area contributed by atoms with Crippen LogP contribution in [0.2, 0.25) is 0 Å². The van der Waals surface area contributed by atoms with Crippen LogP contribution in [-0.2, 0) is 11.4 Å². The summed E-state index contributed by atoms with van der Waals surface area (Å²) in [7, 11) is 0. The number of aryl methyl sites for hydroxylation is 1. The average Bonchev–Trinajstić information content (AvgIpc) is 2.88. The van der Waals surface area contributed by atoms with Gasteiger partial charge in [-0.15, -0.1) is 0 Å². The predicted octanol–water partition coefficient (Wildman–Crippen LogP) is 4.19. The van der Waals surface area contributed by atoms with Crippen LogP contribution in [0.4, 0.5) is 0 Å². The summed E-state index contributed by atoms with van der Waals surface area (Å²) in [6.45, 7) is 7.36. The summed E-state index contributed by atoms with van der Waals surface area (Å²) < 4.78 is 6.03. The smallest absolute Gasteiger partial charge is 0.252 e. The number of hydroxylamine groups is 1. The van der Waals surface area contributed by atoms with Gasteiger partial charge in [-0.05, 0) is 70.0 Å². The van der Waals surface area contributed by atoms with Crippen molar-refractivity contribution in [3.05, 3.63) is 71.4 Å². The Bertz CT molecular complexity index is 1210. The molecule has 3 aromatic rings. The first-order chi connectivity index (χ1) is 17.4. The van der Waals surface area contributed by atoms with E-state index in [2.05, 4.69) is 29.0 Å². The van der Waals surface area contributed by atoms with Gasteiger partial charge in [0.25, 0.3) is 5.91 Å². The number of ether oxygens (including phenoxy) is 1. The number of para-hydroxylation sites is 1. The average molecular weight is 491 g/mol. The van der Waals surface area contributed by atoms with Crippen molar-refractivity contribution in [2.45, 2.75) is 58.8 Å². The van der Waals surface area contributed by atoms with Crippen LogP contribution in [0.25, 0.3) is 10.9 Å². The molecule has 1 aliphatic heterocycles. The molecule has 0 radical (unpaired) electrons. The Balaban J connectivity index is 1.43. The molecule has 2 aromatic carbocycles. The Kier molecular flexibility index (Phi) is 8.18. The third-order valence-corrected chi connectivity index (χ3v) is 6.75. The second-order valence-electron chi connectivity index (χ2n) is 9.64. The number of benzene rings is 2. The van der Waals surface area contributed by atoms with Gasteiger partial charge in [-0.2, -0.15) is 0 Å². The second-order valence-corrected chi connectivity index (χ2v) is 9.64. The molecular formula is C28H34N4O4. The van der Waals surface area contributed by atoms with Gasteiger partial charge in [-0.1, -0.05) is 18.2 Å². The lowest BCUT2D eigenvalue weighted by Crippen LogP contribution is -2.58. The van der Waals surface area contributed by atoms with Gasteiger partial charge in [0, 0.05) is 47.1 Å². The fourth-order valence-corrected chi connectivity index (χ4v) is 4.98. The Hall–Kier alpha value is -3.49. The first-order valence-electron chi connectivity index (χ1n) is 12.4. The van der Waals surface area contributed by atoms with E-state index in [0.717, 1.165) is 41.5 Å². The van der Waals surface area contributed by atoms with Crippen molar-refractivity contribution in [2.24, 2.45) is 5.92 Å². The zero-order chi connectivity index (χ0) is 25.7. The highest BCUT2D eigenvalue weighted by atomic mass is 16.5. The van der Waals surface area contributed by atoms with Crippen LogP contribution in [0.3, 0.4) is 0 Å². The monoisotopic (exact) mass is 490 g/mol. The first-order valence-corrected chi connectivity index (χ1v) is 12.4. The molecule has 4 rings (SSSR count). The van der Waals surface area contributed by atoms with Gasteiger partial charge in [-0.3, -0.25) is 24.7 Å². The molecule has 0 saturated carbocycles. The largest absolute Gasteiger partial charge is 0.489 e. The van der Waals surface area contributed by atoms with E-state index in [1.54, 1.807) is 29.7 Å². The molecule has 36 heavy (non-hydrogen) atoms. The molecule has 8 heteroatoms. The van der Waals surface area contributed by atoms with Crippen molar-refractivity contribution >= 4 is 22.7 Å². The molecule has 8 nitrogen and oxygen atoms in total. The number of carbonyl (C=O) groups excluding carboxylic acids is 2. The number of carbonyl (C=O) groups is 2. The van der Waals surface area contributed by atoms with Crippen molar-refractivity contribution in [1.82, 2.24) is 20.7 Å². The highest BCUT2D eigenvalue weighted by Gasteiger charge is 2.35. The molecule has 1 fully saturated rings. The summed E-state index contributed by atoms with van der Waals surface area (Å²) in [5.41, 5.74) is 5.17. The number of fused-ring (bicyclic) bond motifs is 1. The number of pyridine rings is 1. The van der Waals surface area contributed by atoms with Crippen molar-refractivity contribution in [3.63, 3.8) is 0 Å². The lowest BCUT2D eigenvalue weighted by molar-refractivity contribution is -0.131. The number of likely N-dealkylation sites (tertiary alicyclic amines) is 1. The van der Waals surface area contributed by atoms with Gasteiger partial charge in [0.15, 0.2) is 0 Å². The normalized spacial score (nSPS) is 18.2. The zero-order valence-electron chi connectivity index (χ0n) is 21.0. The molecule has 0 bridgehead atoms. The molecule has 2 heterocycles. The summed E-state index contributed by atoms with van der Waals surface area (Å²) in [5, 5.41) is 13.2. The fraction of sp³-hybridized carbons (Fsp3) is 0.393. The molecule has 0 spiro atoms. The molecule has 1 saturated heterocycles.